The summed E-state index contributed by atoms with van der Waals surface area (Å²) in [6, 6.07) is 17.7. The molecule has 1 heterocycles. The minimum atomic E-state index is -3.64. The number of benzene rings is 2. The molecule has 3 rings (SSSR count). The maximum absolute atomic E-state index is 12.9. The van der Waals surface area contributed by atoms with Crippen LogP contribution in [0, 0.1) is 0 Å². The number of rotatable bonds is 7. The molecular formula is C20H20BrN3O3S. The number of halogens is 1. The molecular weight excluding hydrogens is 442 g/mol. The van der Waals surface area contributed by atoms with Crippen LogP contribution in [0.2, 0.25) is 0 Å². The number of sulfonamides is 1. The van der Waals surface area contributed by atoms with Gasteiger partial charge in [-0.2, -0.15) is 4.31 Å². The summed E-state index contributed by atoms with van der Waals surface area (Å²) in [6.07, 6.45) is 1.68. The van der Waals surface area contributed by atoms with E-state index in [2.05, 4.69) is 26.2 Å². The first-order chi connectivity index (χ1) is 13.4. The average molecular weight is 462 g/mol. The standard InChI is InChI=1S/C20H20BrN3O3S/c1-24(14-15-6-8-16(27-2)9-7-15)28(25,26)17-10-11-19(18(21)13-17)23-20-5-3-4-12-22-20/h3-13H,14H2,1-2H3,(H,22,23). The highest BCUT2D eigenvalue weighted by Crippen LogP contribution is 2.29. The second-order valence-electron chi connectivity index (χ2n) is 6.09. The molecule has 0 aliphatic carbocycles. The molecule has 3 aromatic rings. The normalized spacial score (nSPS) is 11.4. The lowest BCUT2D eigenvalue weighted by atomic mass is 10.2. The van der Waals surface area contributed by atoms with Crippen LogP contribution >= 0.6 is 15.9 Å². The molecule has 0 radical (unpaired) electrons. The SMILES string of the molecule is COc1ccc(CN(C)S(=O)(=O)c2ccc(Nc3ccccn3)c(Br)c2)cc1. The summed E-state index contributed by atoms with van der Waals surface area (Å²) in [5.74, 6) is 1.41. The second-order valence-corrected chi connectivity index (χ2v) is 8.99. The van der Waals surface area contributed by atoms with Gasteiger partial charge in [0.15, 0.2) is 0 Å². The van der Waals surface area contributed by atoms with Crippen LogP contribution in [-0.2, 0) is 16.6 Å². The zero-order chi connectivity index (χ0) is 20.1. The largest absolute Gasteiger partial charge is 0.497 e. The minimum Gasteiger partial charge on any atom is -0.497 e. The number of aromatic nitrogens is 1. The van der Waals surface area contributed by atoms with Gasteiger partial charge in [-0.1, -0.05) is 18.2 Å². The summed E-state index contributed by atoms with van der Waals surface area (Å²) in [6.45, 7) is 0.262. The van der Waals surface area contributed by atoms with Crippen molar-refractivity contribution >= 4 is 37.5 Å². The molecule has 1 aromatic heterocycles. The number of ether oxygens (including phenoxy) is 1. The molecule has 0 bridgehead atoms. The van der Waals surface area contributed by atoms with Crippen LogP contribution < -0.4 is 10.1 Å². The maximum Gasteiger partial charge on any atom is 0.243 e. The summed E-state index contributed by atoms with van der Waals surface area (Å²) < 4.78 is 32.9. The third-order valence-corrected chi connectivity index (χ3v) is 6.60. The van der Waals surface area contributed by atoms with Crippen LogP contribution in [0.5, 0.6) is 5.75 Å². The Morgan fingerprint density at radius 3 is 2.46 bits per heavy atom. The number of hydrogen-bond donors (Lipinski definition) is 1. The number of hydrogen-bond acceptors (Lipinski definition) is 5. The quantitative estimate of drug-likeness (QED) is 0.563. The Bertz CT molecular complexity index is 1040. The van der Waals surface area contributed by atoms with Gasteiger partial charge >= 0.3 is 0 Å². The first kappa shape index (κ1) is 20.3. The highest BCUT2D eigenvalue weighted by atomic mass is 79.9. The fourth-order valence-electron chi connectivity index (χ4n) is 2.59. The van der Waals surface area contributed by atoms with Gasteiger partial charge in [0.05, 0.1) is 17.7 Å². The van der Waals surface area contributed by atoms with E-state index in [1.54, 1.807) is 38.6 Å². The predicted molar refractivity (Wildman–Crippen MR) is 113 cm³/mol. The third-order valence-electron chi connectivity index (χ3n) is 4.14. The van der Waals surface area contributed by atoms with Crippen molar-refractivity contribution in [2.24, 2.45) is 0 Å². The third kappa shape index (κ3) is 4.70. The lowest BCUT2D eigenvalue weighted by Gasteiger charge is -2.18. The van der Waals surface area contributed by atoms with E-state index in [1.807, 2.05) is 42.5 Å². The Hall–Kier alpha value is -2.42. The van der Waals surface area contributed by atoms with E-state index >= 15 is 0 Å². The number of anilines is 2. The molecule has 0 fully saturated rings. The molecule has 0 atom stereocenters. The van der Waals surface area contributed by atoms with Gasteiger partial charge in [0.25, 0.3) is 0 Å². The van der Waals surface area contributed by atoms with E-state index in [1.165, 1.54) is 4.31 Å². The van der Waals surface area contributed by atoms with Crippen molar-refractivity contribution in [3.63, 3.8) is 0 Å². The van der Waals surface area contributed by atoms with Gasteiger partial charge in [0.1, 0.15) is 11.6 Å². The van der Waals surface area contributed by atoms with Crippen LogP contribution in [-0.4, -0.2) is 31.9 Å². The molecule has 0 unspecified atom stereocenters. The lowest BCUT2D eigenvalue weighted by Crippen LogP contribution is -2.26. The summed E-state index contributed by atoms with van der Waals surface area (Å²) in [4.78, 5) is 4.42. The van der Waals surface area contributed by atoms with Crippen molar-refractivity contribution < 1.29 is 13.2 Å². The van der Waals surface area contributed by atoms with Crippen molar-refractivity contribution in [3.8, 4) is 5.75 Å². The van der Waals surface area contributed by atoms with E-state index < -0.39 is 10.0 Å². The molecule has 6 nitrogen and oxygen atoms in total. The Kier molecular flexibility index (Phi) is 6.33. The van der Waals surface area contributed by atoms with Crippen molar-refractivity contribution in [2.45, 2.75) is 11.4 Å². The van der Waals surface area contributed by atoms with Gasteiger partial charge < -0.3 is 10.1 Å². The van der Waals surface area contributed by atoms with E-state index in [4.69, 9.17) is 4.74 Å². The average Bonchev–Trinajstić information content (AvgIpc) is 2.70. The number of pyridine rings is 1. The summed E-state index contributed by atoms with van der Waals surface area (Å²) in [5, 5.41) is 3.15. The molecule has 28 heavy (non-hydrogen) atoms. The van der Waals surface area contributed by atoms with Gasteiger partial charge in [0.2, 0.25) is 10.0 Å². The zero-order valence-corrected chi connectivity index (χ0v) is 17.9. The van der Waals surface area contributed by atoms with Crippen molar-refractivity contribution in [1.29, 1.82) is 0 Å². The molecule has 8 heteroatoms. The maximum atomic E-state index is 12.9. The molecule has 0 amide bonds. The molecule has 1 N–H and O–H groups in total. The van der Waals surface area contributed by atoms with E-state index in [0.717, 1.165) is 17.0 Å². The molecule has 0 saturated heterocycles. The van der Waals surface area contributed by atoms with Gasteiger partial charge in [0, 0.05) is 24.3 Å². The molecule has 0 aliphatic heterocycles. The van der Waals surface area contributed by atoms with E-state index in [-0.39, 0.29) is 11.4 Å². The van der Waals surface area contributed by atoms with Crippen LogP contribution in [0.4, 0.5) is 11.5 Å². The van der Waals surface area contributed by atoms with Crippen molar-refractivity contribution in [1.82, 2.24) is 9.29 Å². The summed E-state index contributed by atoms with van der Waals surface area (Å²) in [5.41, 5.74) is 1.61. The monoisotopic (exact) mass is 461 g/mol. The van der Waals surface area contributed by atoms with Crippen molar-refractivity contribution in [3.05, 3.63) is 76.9 Å². The number of nitrogens with zero attached hydrogens (tertiary/aromatic N) is 2. The molecule has 2 aromatic carbocycles. The van der Waals surface area contributed by atoms with Gasteiger partial charge in [-0.3, -0.25) is 0 Å². The highest BCUT2D eigenvalue weighted by Gasteiger charge is 2.22. The van der Waals surface area contributed by atoms with Crippen LogP contribution in [0.25, 0.3) is 0 Å². The lowest BCUT2D eigenvalue weighted by molar-refractivity contribution is 0.414. The Balaban J connectivity index is 1.77. The summed E-state index contributed by atoms with van der Waals surface area (Å²) in [7, 11) is -0.480. The molecule has 146 valence electrons. The summed E-state index contributed by atoms with van der Waals surface area (Å²) >= 11 is 3.44. The minimum absolute atomic E-state index is 0.210. The van der Waals surface area contributed by atoms with Gasteiger partial charge in [-0.25, -0.2) is 13.4 Å². The van der Waals surface area contributed by atoms with Gasteiger partial charge in [-0.15, -0.1) is 0 Å². The Morgan fingerprint density at radius 1 is 1.11 bits per heavy atom. The van der Waals surface area contributed by atoms with Crippen LogP contribution in [0.1, 0.15) is 5.56 Å². The van der Waals surface area contributed by atoms with Crippen molar-refractivity contribution in [2.75, 3.05) is 19.5 Å². The topological polar surface area (TPSA) is 71.5 Å². The molecule has 0 saturated carbocycles. The predicted octanol–water partition coefficient (Wildman–Crippen LogP) is 4.42. The van der Waals surface area contributed by atoms with Crippen LogP contribution in [0.15, 0.2) is 76.2 Å². The number of methoxy groups -OCH3 is 1. The zero-order valence-electron chi connectivity index (χ0n) is 15.5. The van der Waals surface area contributed by atoms with Crippen LogP contribution in [0.3, 0.4) is 0 Å². The fraction of sp³-hybridized carbons (Fsp3) is 0.150. The fourth-order valence-corrected chi connectivity index (χ4v) is 4.40. The molecule has 0 aliphatic rings. The second kappa shape index (κ2) is 8.72. The first-order valence-corrected chi connectivity index (χ1v) is 10.7. The van der Waals surface area contributed by atoms with E-state index in [9.17, 15) is 8.42 Å². The highest BCUT2D eigenvalue weighted by molar-refractivity contribution is 9.10. The van der Waals surface area contributed by atoms with Gasteiger partial charge in [-0.05, 0) is 64.0 Å². The Morgan fingerprint density at radius 2 is 1.86 bits per heavy atom. The number of nitrogens with one attached hydrogen (secondary N) is 1. The first-order valence-electron chi connectivity index (χ1n) is 8.47. The molecule has 0 spiro atoms. The Labute approximate surface area is 173 Å². The van der Waals surface area contributed by atoms with E-state index in [0.29, 0.717) is 10.3 Å². The smallest absolute Gasteiger partial charge is 0.243 e.